The van der Waals surface area contributed by atoms with Crippen molar-refractivity contribution in [1.29, 1.82) is 0 Å². The van der Waals surface area contributed by atoms with Gasteiger partial charge in [0.1, 0.15) is 13.2 Å². The molecular weight excluding hydrogens is 372 g/mol. The highest BCUT2D eigenvalue weighted by Crippen LogP contribution is 2.28. The molecule has 0 fully saturated rings. The number of esters is 2. The summed E-state index contributed by atoms with van der Waals surface area (Å²) in [5.41, 5.74) is 0.780. The Balaban J connectivity index is 2.55. The zero-order valence-corrected chi connectivity index (χ0v) is 17.6. The second kappa shape index (κ2) is 14.3. The number of ether oxygens (including phenoxy) is 4. The Bertz CT molecular complexity index is 680. The Labute approximate surface area is 173 Å². The van der Waals surface area contributed by atoms with Gasteiger partial charge in [-0.15, -0.1) is 0 Å². The summed E-state index contributed by atoms with van der Waals surface area (Å²) in [7, 11) is 1.53. The summed E-state index contributed by atoms with van der Waals surface area (Å²) < 4.78 is 21.1. The Hall–Kier alpha value is -2.76. The van der Waals surface area contributed by atoms with Gasteiger partial charge in [-0.3, -0.25) is 0 Å². The van der Waals surface area contributed by atoms with Crippen molar-refractivity contribution in [2.45, 2.75) is 39.5 Å². The van der Waals surface area contributed by atoms with Crippen LogP contribution >= 0.6 is 0 Å². The van der Waals surface area contributed by atoms with E-state index >= 15 is 0 Å². The van der Waals surface area contributed by atoms with E-state index in [4.69, 9.17) is 18.9 Å². The molecule has 1 rings (SSSR count). The van der Waals surface area contributed by atoms with E-state index in [1.165, 1.54) is 13.2 Å². The normalized spacial score (nSPS) is 11.7. The molecule has 0 radical (unpaired) electrons. The molecule has 6 nitrogen and oxygen atoms in total. The van der Waals surface area contributed by atoms with Gasteiger partial charge in [0.25, 0.3) is 0 Å². The van der Waals surface area contributed by atoms with Gasteiger partial charge in [-0.25, -0.2) is 9.59 Å². The summed E-state index contributed by atoms with van der Waals surface area (Å²) in [4.78, 5) is 23.0. The van der Waals surface area contributed by atoms with Crippen molar-refractivity contribution < 1.29 is 28.5 Å². The molecule has 0 N–H and O–H groups in total. The molecule has 0 spiro atoms. The van der Waals surface area contributed by atoms with Crippen molar-refractivity contribution in [3.05, 3.63) is 42.5 Å². The van der Waals surface area contributed by atoms with Gasteiger partial charge < -0.3 is 18.9 Å². The van der Waals surface area contributed by atoms with Gasteiger partial charge >= 0.3 is 11.9 Å². The lowest BCUT2D eigenvalue weighted by atomic mass is 10.0. The van der Waals surface area contributed by atoms with Crippen molar-refractivity contribution in [3.63, 3.8) is 0 Å². The topological polar surface area (TPSA) is 71.1 Å². The van der Waals surface area contributed by atoms with Gasteiger partial charge in [0.2, 0.25) is 0 Å². The fourth-order valence-electron chi connectivity index (χ4n) is 2.57. The molecule has 0 aliphatic rings. The summed E-state index contributed by atoms with van der Waals surface area (Å²) >= 11 is 0. The van der Waals surface area contributed by atoms with Crippen LogP contribution in [-0.4, -0.2) is 38.9 Å². The van der Waals surface area contributed by atoms with E-state index in [2.05, 4.69) is 20.4 Å². The highest BCUT2D eigenvalue weighted by Gasteiger charge is 2.09. The third-order valence-electron chi connectivity index (χ3n) is 4.36. The fraction of sp³-hybridized carbons (Fsp3) is 0.478. The van der Waals surface area contributed by atoms with Gasteiger partial charge in [0.05, 0.1) is 13.7 Å². The van der Waals surface area contributed by atoms with Crippen molar-refractivity contribution in [2.24, 2.45) is 5.92 Å². The monoisotopic (exact) mass is 404 g/mol. The van der Waals surface area contributed by atoms with E-state index in [1.54, 1.807) is 24.3 Å². The summed E-state index contributed by atoms with van der Waals surface area (Å²) in [6.45, 7) is 8.35. The van der Waals surface area contributed by atoms with Crippen LogP contribution in [0.25, 0.3) is 6.08 Å². The lowest BCUT2D eigenvalue weighted by Gasteiger charge is -2.13. The van der Waals surface area contributed by atoms with Crippen molar-refractivity contribution in [2.75, 3.05) is 26.9 Å². The van der Waals surface area contributed by atoms with Crippen LogP contribution < -0.4 is 9.47 Å². The van der Waals surface area contributed by atoms with Crippen LogP contribution in [0.2, 0.25) is 0 Å². The molecule has 0 heterocycles. The SMILES string of the molecule is C=CC(=O)OCCOc1ccc(/C=C/C(=O)OCC(CC)CCCC)cc1OC. The van der Waals surface area contributed by atoms with Crippen LogP contribution in [0.1, 0.15) is 45.1 Å². The number of unbranched alkanes of at least 4 members (excludes halogenated alkanes) is 1. The lowest BCUT2D eigenvalue weighted by Crippen LogP contribution is -2.12. The number of rotatable bonds is 14. The van der Waals surface area contributed by atoms with Crippen LogP contribution in [-0.2, 0) is 19.1 Å². The van der Waals surface area contributed by atoms with Crippen LogP contribution in [0.15, 0.2) is 36.9 Å². The minimum absolute atomic E-state index is 0.110. The second-order valence-electron chi connectivity index (χ2n) is 6.51. The zero-order chi connectivity index (χ0) is 21.5. The highest BCUT2D eigenvalue weighted by molar-refractivity contribution is 5.87. The van der Waals surface area contributed by atoms with E-state index in [9.17, 15) is 9.59 Å². The molecule has 1 aromatic rings. The van der Waals surface area contributed by atoms with E-state index < -0.39 is 5.97 Å². The van der Waals surface area contributed by atoms with Gasteiger partial charge in [-0.2, -0.15) is 0 Å². The Morgan fingerprint density at radius 2 is 1.90 bits per heavy atom. The van der Waals surface area contributed by atoms with Crippen LogP contribution in [0.3, 0.4) is 0 Å². The Morgan fingerprint density at radius 3 is 2.55 bits per heavy atom. The van der Waals surface area contributed by atoms with Gasteiger partial charge in [0, 0.05) is 12.2 Å². The Morgan fingerprint density at radius 1 is 1.10 bits per heavy atom. The van der Waals surface area contributed by atoms with Crippen molar-refractivity contribution in [3.8, 4) is 11.5 Å². The molecule has 6 heteroatoms. The van der Waals surface area contributed by atoms with E-state index in [0.717, 1.165) is 37.3 Å². The van der Waals surface area contributed by atoms with E-state index in [-0.39, 0.29) is 19.2 Å². The first-order valence-corrected chi connectivity index (χ1v) is 9.98. The first kappa shape index (κ1) is 24.3. The first-order valence-electron chi connectivity index (χ1n) is 9.98. The van der Waals surface area contributed by atoms with Gasteiger partial charge in [0.15, 0.2) is 11.5 Å². The molecule has 0 aliphatic heterocycles. The quantitative estimate of drug-likeness (QED) is 0.257. The fourth-order valence-corrected chi connectivity index (χ4v) is 2.57. The molecule has 1 aromatic carbocycles. The largest absolute Gasteiger partial charge is 0.493 e. The molecule has 0 aromatic heterocycles. The smallest absolute Gasteiger partial charge is 0.330 e. The molecule has 0 saturated heterocycles. The minimum atomic E-state index is -0.497. The standard InChI is InChI=1S/C23H32O6/c1-5-8-9-18(6-2)17-29-23(25)13-11-19-10-12-20(21(16-19)26-4)27-14-15-28-22(24)7-3/h7,10-13,16,18H,3,5-6,8-9,14-15,17H2,1-2,4H3/b13-11+. The predicted octanol–water partition coefficient (Wildman–Crippen LogP) is 4.58. The summed E-state index contributed by atoms with van der Waals surface area (Å²) in [5.74, 6) is 0.589. The average Bonchev–Trinajstić information content (AvgIpc) is 2.75. The Kier molecular flexibility index (Phi) is 11.9. The maximum absolute atomic E-state index is 12.0. The number of carbonyl (C=O) groups excluding carboxylic acids is 2. The van der Waals surface area contributed by atoms with Crippen molar-refractivity contribution >= 4 is 18.0 Å². The van der Waals surface area contributed by atoms with E-state index in [1.807, 2.05) is 0 Å². The zero-order valence-electron chi connectivity index (χ0n) is 17.6. The summed E-state index contributed by atoms with van der Waals surface area (Å²) in [6, 6.07) is 5.29. The third kappa shape index (κ3) is 9.83. The van der Waals surface area contributed by atoms with Crippen LogP contribution in [0.5, 0.6) is 11.5 Å². The second-order valence-corrected chi connectivity index (χ2v) is 6.51. The van der Waals surface area contributed by atoms with Crippen LogP contribution in [0.4, 0.5) is 0 Å². The molecule has 0 amide bonds. The molecule has 0 aliphatic carbocycles. The minimum Gasteiger partial charge on any atom is -0.493 e. The average molecular weight is 405 g/mol. The van der Waals surface area contributed by atoms with Crippen LogP contribution in [0, 0.1) is 5.92 Å². The molecule has 0 bridgehead atoms. The number of carbonyl (C=O) groups is 2. The first-order chi connectivity index (χ1) is 14.0. The highest BCUT2D eigenvalue weighted by atomic mass is 16.6. The predicted molar refractivity (Wildman–Crippen MR) is 113 cm³/mol. The molecule has 0 saturated carbocycles. The van der Waals surface area contributed by atoms with E-state index in [0.29, 0.717) is 24.0 Å². The molecule has 29 heavy (non-hydrogen) atoms. The number of hydrogen-bond donors (Lipinski definition) is 0. The maximum atomic E-state index is 12.0. The number of methoxy groups -OCH3 is 1. The number of hydrogen-bond acceptors (Lipinski definition) is 6. The summed E-state index contributed by atoms with van der Waals surface area (Å²) in [6.07, 6.45) is 8.56. The van der Waals surface area contributed by atoms with Gasteiger partial charge in [-0.1, -0.05) is 45.8 Å². The molecule has 1 atom stereocenters. The molecule has 1 unspecified atom stereocenters. The molecular formula is C23H32O6. The third-order valence-corrected chi connectivity index (χ3v) is 4.36. The number of benzene rings is 1. The summed E-state index contributed by atoms with van der Waals surface area (Å²) in [5, 5.41) is 0. The van der Waals surface area contributed by atoms with Gasteiger partial charge in [-0.05, 0) is 36.1 Å². The maximum Gasteiger partial charge on any atom is 0.330 e. The molecule has 160 valence electrons. The van der Waals surface area contributed by atoms with Crippen molar-refractivity contribution in [1.82, 2.24) is 0 Å². The lowest BCUT2D eigenvalue weighted by molar-refractivity contribution is -0.139.